The normalized spacial score (nSPS) is 15.1. The molecular formula is C21H26IN3O. The van der Waals surface area contributed by atoms with Gasteiger partial charge in [0.15, 0.2) is 5.96 Å². The fourth-order valence-electron chi connectivity index (χ4n) is 3.10. The smallest absolute Gasteiger partial charge is 0.191 e. The highest BCUT2D eigenvalue weighted by atomic mass is 127. The Morgan fingerprint density at radius 2 is 1.96 bits per heavy atom. The number of ether oxygens (including phenoxy) is 1. The van der Waals surface area contributed by atoms with Crippen molar-refractivity contribution < 1.29 is 4.74 Å². The molecule has 2 N–H and O–H groups in total. The molecule has 4 nitrogen and oxygen atoms in total. The molecule has 0 heterocycles. The molecule has 0 radical (unpaired) electrons. The molecular weight excluding hydrogens is 437 g/mol. The van der Waals surface area contributed by atoms with E-state index in [9.17, 15) is 0 Å². The van der Waals surface area contributed by atoms with Crippen LogP contribution in [0, 0.1) is 0 Å². The molecule has 138 valence electrons. The molecule has 0 fully saturated rings. The molecule has 2 aromatic rings. The molecule has 0 saturated carbocycles. The summed E-state index contributed by atoms with van der Waals surface area (Å²) in [5.41, 5.74) is 4.01. The minimum Gasteiger partial charge on any atom is -0.489 e. The maximum absolute atomic E-state index is 5.70. The number of para-hydroxylation sites is 1. The molecule has 0 aromatic heterocycles. The Bertz CT molecular complexity index is 760. The van der Waals surface area contributed by atoms with Crippen LogP contribution >= 0.6 is 24.0 Å². The number of halogens is 1. The first-order valence-electron chi connectivity index (χ1n) is 8.65. The number of hydrogen-bond donors (Lipinski definition) is 2. The number of hydrogen-bond acceptors (Lipinski definition) is 2. The first-order valence-corrected chi connectivity index (χ1v) is 8.65. The van der Waals surface area contributed by atoms with E-state index < -0.39 is 0 Å². The summed E-state index contributed by atoms with van der Waals surface area (Å²) in [5, 5.41) is 6.79. The Labute approximate surface area is 172 Å². The van der Waals surface area contributed by atoms with Gasteiger partial charge in [0.1, 0.15) is 12.4 Å². The van der Waals surface area contributed by atoms with E-state index in [0.717, 1.165) is 30.2 Å². The molecule has 2 aromatic carbocycles. The topological polar surface area (TPSA) is 45.6 Å². The molecule has 1 atom stereocenters. The molecule has 0 amide bonds. The van der Waals surface area contributed by atoms with Crippen LogP contribution in [0.25, 0.3) is 0 Å². The van der Waals surface area contributed by atoms with Crippen LogP contribution in [-0.2, 0) is 13.0 Å². The van der Waals surface area contributed by atoms with E-state index in [1.165, 1.54) is 11.1 Å². The van der Waals surface area contributed by atoms with Gasteiger partial charge in [-0.15, -0.1) is 24.0 Å². The molecule has 1 aliphatic rings. The average Bonchev–Trinajstić information content (AvgIpc) is 2.64. The van der Waals surface area contributed by atoms with Crippen molar-refractivity contribution in [1.29, 1.82) is 0 Å². The number of nitrogens with zero attached hydrogens (tertiary/aromatic N) is 1. The van der Waals surface area contributed by atoms with E-state index in [4.69, 9.17) is 4.74 Å². The van der Waals surface area contributed by atoms with E-state index in [0.29, 0.717) is 19.1 Å². The van der Waals surface area contributed by atoms with Gasteiger partial charge in [0, 0.05) is 31.6 Å². The summed E-state index contributed by atoms with van der Waals surface area (Å²) >= 11 is 0. The van der Waals surface area contributed by atoms with Crippen LogP contribution in [0.3, 0.4) is 0 Å². The van der Waals surface area contributed by atoms with Crippen molar-refractivity contribution in [1.82, 2.24) is 10.6 Å². The predicted octanol–water partition coefficient (Wildman–Crippen LogP) is 3.87. The second-order valence-electron chi connectivity index (χ2n) is 6.11. The standard InChI is InChI=1S/C21H25N3O.HI/c1-3-12-25-20-11-7-5-9-17(20)14-23-21(22-2)24-15-18-13-16-8-4-6-10-19(16)18;/h3-11,18H,1,12-15H2,2H3,(H2,22,23,24);1H. The van der Waals surface area contributed by atoms with Gasteiger partial charge in [-0.05, 0) is 23.6 Å². The van der Waals surface area contributed by atoms with Gasteiger partial charge < -0.3 is 15.4 Å². The lowest BCUT2D eigenvalue weighted by molar-refractivity contribution is 0.358. The summed E-state index contributed by atoms with van der Waals surface area (Å²) in [6, 6.07) is 16.7. The van der Waals surface area contributed by atoms with Gasteiger partial charge in [0.25, 0.3) is 0 Å². The largest absolute Gasteiger partial charge is 0.489 e. The maximum atomic E-state index is 5.70. The van der Waals surface area contributed by atoms with Gasteiger partial charge >= 0.3 is 0 Å². The number of rotatable bonds is 7. The Morgan fingerprint density at radius 3 is 2.73 bits per heavy atom. The van der Waals surface area contributed by atoms with E-state index in [-0.39, 0.29) is 24.0 Å². The number of fused-ring (bicyclic) bond motifs is 1. The van der Waals surface area contributed by atoms with Gasteiger partial charge in [-0.1, -0.05) is 55.1 Å². The first kappa shape index (κ1) is 20.3. The Morgan fingerprint density at radius 1 is 1.19 bits per heavy atom. The van der Waals surface area contributed by atoms with Crippen molar-refractivity contribution >= 4 is 29.9 Å². The molecule has 26 heavy (non-hydrogen) atoms. The lowest BCUT2D eigenvalue weighted by atomic mass is 9.78. The molecule has 0 bridgehead atoms. The monoisotopic (exact) mass is 463 g/mol. The third-order valence-corrected chi connectivity index (χ3v) is 4.48. The molecule has 5 heteroatoms. The average molecular weight is 463 g/mol. The summed E-state index contributed by atoms with van der Waals surface area (Å²) < 4.78 is 5.70. The summed E-state index contributed by atoms with van der Waals surface area (Å²) in [4.78, 5) is 4.32. The molecule has 1 unspecified atom stereocenters. The SMILES string of the molecule is C=CCOc1ccccc1CNC(=NC)NCC1Cc2ccccc21.I. The number of nitrogens with one attached hydrogen (secondary N) is 2. The third-order valence-electron chi connectivity index (χ3n) is 4.48. The van der Waals surface area contributed by atoms with Crippen LogP contribution in [0.2, 0.25) is 0 Å². The van der Waals surface area contributed by atoms with E-state index >= 15 is 0 Å². The second kappa shape index (κ2) is 10.2. The minimum atomic E-state index is 0. The highest BCUT2D eigenvalue weighted by Crippen LogP contribution is 2.33. The second-order valence-corrected chi connectivity index (χ2v) is 6.11. The highest BCUT2D eigenvalue weighted by Gasteiger charge is 2.25. The molecule has 0 spiro atoms. The predicted molar refractivity (Wildman–Crippen MR) is 119 cm³/mol. The Kier molecular flexibility index (Phi) is 7.97. The van der Waals surface area contributed by atoms with Gasteiger partial charge in [-0.3, -0.25) is 4.99 Å². The Balaban J connectivity index is 0.00000243. The van der Waals surface area contributed by atoms with Crippen molar-refractivity contribution in [3.8, 4) is 5.75 Å². The van der Waals surface area contributed by atoms with E-state index in [1.807, 2.05) is 18.2 Å². The van der Waals surface area contributed by atoms with Crippen LogP contribution in [0.5, 0.6) is 5.75 Å². The lowest BCUT2D eigenvalue weighted by Gasteiger charge is -2.30. The molecule has 1 aliphatic carbocycles. The molecule has 3 rings (SSSR count). The first-order chi connectivity index (χ1) is 12.3. The summed E-state index contributed by atoms with van der Waals surface area (Å²) in [5.74, 6) is 2.25. The van der Waals surface area contributed by atoms with Crippen molar-refractivity contribution in [3.63, 3.8) is 0 Å². The fourth-order valence-corrected chi connectivity index (χ4v) is 3.10. The summed E-state index contributed by atoms with van der Waals surface area (Å²) in [6.45, 7) is 5.75. The zero-order chi connectivity index (χ0) is 17.5. The molecule has 0 saturated heterocycles. The van der Waals surface area contributed by atoms with Crippen molar-refractivity contribution in [2.45, 2.75) is 18.9 Å². The fraction of sp³-hybridized carbons (Fsp3) is 0.286. The number of guanidine groups is 1. The van der Waals surface area contributed by atoms with Crippen LogP contribution in [0.4, 0.5) is 0 Å². The van der Waals surface area contributed by atoms with Gasteiger partial charge in [-0.2, -0.15) is 0 Å². The summed E-state index contributed by atoms with van der Waals surface area (Å²) in [6.07, 6.45) is 2.89. The van der Waals surface area contributed by atoms with Crippen LogP contribution in [-0.4, -0.2) is 26.2 Å². The maximum Gasteiger partial charge on any atom is 0.191 e. The summed E-state index contributed by atoms with van der Waals surface area (Å²) in [7, 11) is 1.80. The van der Waals surface area contributed by atoms with E-state index in [2.05, 4.69) is 52.5 Å². The third kappa shape index (κ3) is 5.00. The van der Waals surface area contributed by atoms with Gasteiger partial charge in [-0.25, -0.2) is 0 Å². The zero-order valence-corrected chi connectivity index (χ0v) is 17.4. The van der Waals surface area contributed by atoms with Crippen LogP contribution < -0.4 is 15.4 Å². The van der Waals surface area contributed by atoms with Gasteiger partial charge in [0.05, 0.1) is 0 Å². The highest BCUT2D eigenvalue weighted by molar-refractivity contribution is 14.0. The van der Waals surface area contributed by atoms with Crippen molar-refractivity contribution in [2.24, 2.45) is 4.99 Å². The van der Waals surface area contributed by atoms with E-state index in [1.54, 1.807) is 13.1 Å². The van der Waals surface area contributed by atoms with Crippen molar-refractivity contribution in [2.75, 3.05) is 20.2 Å². The Hall–Kier alpha value is -2.02. The lowest BCUT2D eigenvalue weighted by Crippen LogP contribution is -2.40. The zero-order valence-electron chi connectivity index (χ0n) is 15.1. The van der Waals surface area contributed by atoms with Crippen LogP contribution in [0.15, 0.2) is 66.2 Å². The quantitative estimate of drug-likeness (QED) is 0.284. The number of aliphatic imine (C=N–C) groups is 1. The minimum absolute atomic E-state index is 0. The van der Waals surface area contributed by atoms with Crippen LogP contribution in [0.1, 0.15) is 22.6 Å². The van der Waals surface area contributed by atoms with Gasteiger partial charge in [0.2, 0.25) is 0 Å². The van der Waals surface area contributed by atoms with Crippen molar-refractivity contribution in [3.05, 3.63) is 77.9 Å². The number of benzene rings is 2. The molecule has 0 aliphatic heterocycles.